The standard InChI is InChI=1S/C14H23NO/c1-4-11-16-14-8-6-5-7-13(14)9-10-15-12(2)3/h5-8,12,15H,4,9-11H2,1-3H3. The zero-order chi connectivity index (χ0) is 11.8. The van der Waals surface area contributed by atoms with Crippen molar-refractivity contribution in [1.82, 2.24) is 5.32 Å². The first-order valence-corrected chi connectivity index (χ1v) is 6.18. The molecule has 2 heteroatoms. The largest absolute Gasteiger partial charge is 0.493 e. The molecule has 0 aliphatic heterocycles. The molecule has 0 atom stereocenters. The molecule has 0 unspecified atom stereocenters. The van der Waals surface area contributed by atoms with Gasteiger partial charge in [-0.25, -0.2) is 0 Å². The van der Waals surface area contributed by atoms with Crippen molar-refractivity contribution in [1.29, 1.82) is 0 Å². The fraction of sp³-hybridized carbons (Fsp3) is 0.571. The maximum atomic E-state index is 5.72. The van der Waals surface area contributed by atoms with Crippen molar-refractivity contribution in [3.8, 4) is 5.75 Å². The van der Waals surface area contributed by atoms with Crippen LogP contribution in [0.4, 0.5) is 0 Å². The summed E-state index contributed by atoms with van der Waals surface area (Å²) in [4.78, 5) is 0. The lowest BCUT2D eigenvalue weighted by Crippen LogP contribution is -2.25. The zero-order valence-corrected chi connectivity index (χ0v) is 10.6. The molecule has 1 N–H and O–H groups in total. The van der Waals surface area contributed by atoms with Gasteiger partial charge in [0.2, 0.25) is 0 Å². The molecule has 90 valence electrons. The van der Waals surface area contributed by atoms with Crippen LogP contribution in [-0.4, -0.2) is 19.2 Å². The van der Waals surface area contributed by atoms with Gasteiger partial charge in [0.25, 0.3) is 0 Å². The average Bonchev–Trinajstić information content (AvgIpc) is 2.27. The molecule has 0 aliphatic rings. The van der Waals surface area contributed by atoms with E-state index in [1.54, 1.807) is 0 Å². The lowest BCUT2D eigenvalue weighted by atomic mass is 10.1. The van der Waals surface area contributed by atoms with E-state index in [9.17, 15) is 0 Å². The number of para-hydroxylation sites is 1. The third-order valence-corrected chi connectivity index (χ3v) is 2.38. The van der Waals surface area contributed by atoms with Gasteiger partial charge >= 0.3 is 0 Å². The quantitative estimate of drug-likeness (QED) is 0.764. The van der Waals surface area contributed by atoms with Crippen LogP contribution in [0.1, 0.15) is 32.8 Å². The van der Waals surface area contributed by atoms with Crippen molar-refractivity contribution in [2.45, 2.75) is 39.7 Å². The normalized spacial score (nSPS) is 10.8. The third kappa shape index (κ3) is 4.67. The monoisotopic (exact) mass is 221 g/mol. The molecular formula is C14H23NO. The lowest BCUT2D eigenvalue weighted by Gasteiger charge is -2.12. The second kappa shape index (κ2) is 7.29. The first-order chi connectivity index (χ1) is 7.74. The van der Waals surface area contributed by atoms with Gasteiger partial charge in [0, 0.05) is 6.04 Å². The van der Waals surface area contributed by atoms with Crippen LogP contribution in [0.15, 0.2) is 24.3 Å². The van der Waals surface area contributed by atoms with Gasteiger partial charge in [0.1, 0.15) is 5.75 Å². The van der Waals surface area contributed by atoms with Crippen LogP contribution in [0.2, 0.25) is 0 Å². The highest BCUT2D eigenvalue weighted by Crippen LogP contribution is 2.18. The van der Waals surface area contributed by atoms with Gasteiger partial charge in [-0.15, -0.1) is 0 Å². The van der Waals surface area contributed by atoms with Gasteiger partial charge in [0.05, 0.1) is 6.61 Å². The molecule has 0 spiro atoms. The van der Waals surface area contributed by atoms with Crippen LogP contribution < -0.4 is 10.1 Å². The average molecular weight is 221 g/mol. The summed E-state index contributed by atoms with van der Waals surface area (Å²) in [7, 11) is 0. The fourth-order valence-electron chi connectivity index (χ4n) is 1.56. The third-order valence-electron chi connectivity index (χ3n) is 2.38. The number of ether oxygens (including phenoxy) is 1. The number of benzene rings is 1. The first kappa shape index (κ1) is 13.0. The van der Waals surface area contributed by atoms with Crippen LogP contribution in [0.25, 0.3) is 0 Å². The maximum absolute atomic E-state index is 5.72. The molecule has 16 heavy (non-hydrogen) atoms. The lowest BCUT2D eigenvalue weighted by molar-refractivity contribution is 0.314. The van der Waals surface area contributed by atoms with Gasteiger partial charge < -0.3 is 10.1 Å². The van der Waals surface area contributed by atoms with E-state index in [0.29, 0.717) is 6.04 Å². The van der Waals surface area contributed by atoms with Crippen LogP contribution in [0.5, 0.6) is 5.75 Å². The summed E-state index contributed by atoms with van der Waals surface area (Å²) >= 11 is 0. The molecule has 0 aromatic heterocycles. The Morgan fingerprint density at radius 1 is 1.25 bits per heavy atom. The van der Waals surface area contributed by atoms with E-state index in [4.69, 9.17) is 4.74 Å². The highest BCUT2D eigenvalue weighted by molar-refractivity contribution is 5.33. The highest BCUT2D eigenvalue weighted by atomic mass is 16.5. The van der Waals surface area contributed by atoms with E-state index in [1.807, 2.05) is 6.07 Å². The topological polar surface area (TPSA) is 21.3 Å². The Labute approximate surface area is 99.0 Å². The number of nitrogens with one attached hydrogen (secondary N) is 1. The minimum Gasteiger partial charge on any atom is -0.493 e. The van der Waals surface area contributed by atoms with Crippen molar-refractivity contribution in [3.63, 3.8) is 0 Å². The van der Waals surface area contributed by atoms with Gasteiger partial charge in [-0.2, -0.15) is 0 Å². The molecule has 0 heterocycles. The number of rotatable bonds is 7. The Morgan fingerprint density at radius 2 is 2.00 bits per heavy atom. The predicted octanol–water partition coefficient (Wildman–Crippen LogP) is 3.02. The molecule has 0 bridgehead atoms. The Bertz CT molecular complexity index is 297. The molecule has 0 aliphatic carbocycles. The van der Waals surface area contributed by atoms with E-state index in [1.165, 1.54) is 5.56 Å². The molecule has 1 aromatic carbocycles. The van der Waals surface area contributed by atoms with Crippen molar-refractivity contribution in [2.24, 2.45) is 0 Å². The van der Waals surface area contributed by atoms with Gasteiger partial charge in [-0.05, 0) is 31.0 Å². The van der Waals surface area contributed by atoms with Gasteiger partial charge in [-0.1, -0.05) is 39.0 Å². The Morgan fingerprint density at radius 3 is 2.69 bits per heavy atom. The Kier molecular flexibility index (Phi) is 5.94. The highest BCUT2D eigenvalue weighted by Gasteiger charge is 2.02. The van der Waals surface area contributed by atoms with E-state index in [2.05, 4.69) is 44.3 Å². The number of hydrogen-bond acceptors (Lipinski definition) is 2. The molecule has 0 fully saturated rings. The first-order valence-electron chi connectivity index (χ1n) is 6.18. The minimum absolute atomic E-state index is 0.545. The summed E-state index contributed by atoms with van der Waals surface area (Å²) in [6.07, 6.45) is 2.08. The zero-order valence-electron chi connectivity index (χ0n) is 10.6. The maximum Gasteiger partial charge on any atom is 0.122 e. The van der Waals surface area contributed by atoms with Crippen molar-refractivity contribution in [3.05, 3.63) is 29.8 Å². The van der Waals surface area contributed by atoms with Crippen LogP contribution in [0, 0.1) is 0 Å². The van der Waals surface area contributed by atoms with Gasteiger partial charge in [0.15, 0.2) is 0 Å². The summed E-state index contributed by atoms with van der Waals surface area (Å²) in [6, 6.07) is 8.85. The molecule has 2 nitrogen and oxygen atoms in total. The molecule has 0 saturated heterocycles. The summed E-state index contributed by atoms with van der Waals surface area (Å²) in [5, 5.41) is 3.42. The Balaban J connectivity index is 2.49. The fourth-order valence-corrected chi connectivity index (χ4v) is 1.56. The number of hydrogen-bond donors (Lipinski definition) is 1. The van der Waals surface area contributed by atoms with E-state index in [0.717, 1.165) is 31.7 Å². The smallest absolute Gasteiger partial charge is 0.122 e. The SMILES string of the molecule is CCCOc1ccccc1CCNC(C)C. The minimum atomic E-state index is 0.545. The van der Waals surface area contributed by atoms with Crippen LogP contribution in [-0.2, 0) is 6.42 Å². The predicted molar refractivity (Wildman–Crippen MR) is 69.1 cm³/mol. The van der Waals surface area contributed by atoms with Gasteiger partial charge in [-0.3, -0.25) is 0 Å². The van der Waals surface area contributed by atoms with Crippen molar-refractivity contribution >= 4 is 0 Å². The summed E-state index contributed by atoms with van der Waals surface area (Å²) < 4.78 is 5.72. The summed E-state index contributed by atoms with van der Waals surface area (Å²) in [5.41, 5.74) is 1.30. The van der Waals surface area contributed by atoms with E-state index in [-0.39, 0.29) is 0 Å². The van der Waals surface area contributed by atoms with Crippen molar-refractivity contribution < 1.29 is 4.74 Å². The summed E-state index contributed by atoms with van der Waals surface area (Å²) in [6.45, 7) is 8.26. The van der Waals surface area contributed by atoms with Crippen LogP contribution in [0.3, 0.4) is 0 Å². The molecular weight excluding hydrogens is 198 g/mol. The molecule has 1 rings (SSSR count). The van der Waals surface area contributed by atoms with Crippen molar-refractivity contribution in [2.75, 3.05) is 13.2 Å². The Hall–Kier alpha value is -1.02. The van der Waals surface area contributed by atoms with E-state index < -0.39 is 0 Å². The molecule has 0 radical (unpaired) electrons. The summed E-state index contributed by atoms with van der Waals surface area (Å²) in [5.74, 6) is 1.04. The second-order valence-electron chi connectivity index (χ2n) is 4.32. The molecule has 1 aromatic rings. The molecule has 0 saturated carbocycles. The second-order valence-corrected chi connectivity index (χ2v) is 4.32. The van der Waals surface area contributed by atoms with E-state index >= 15 is 0 Å². The molecule has 0 amide bonds. The van der Waals surface area contributed by atoms with Crippen LogP contribution >= 0.6 is 0 Å².